The highest BCUT2D eigenvalue weighted by molar-refractivity contribution is 6.32. The molecule has 2 fully saturated rings. The number of benzene rings is 1. The van der Waals surface area contributed by atoms with Crippen molar-refractivity contribution in [3.63, 3.8) is 0 Å². The Kier molecular flexibility index (Phi) is 4.97. The van der Waals surface area contributed by atoms with Crippen LogP contribution in [0.4, 0.5) is 4.79 Å². The van der Waals surface area contributed by atoms with Crippen molar-refractivity contribution in [2.75, 3.05) is 19.6 Å². The van der Waals surface area contributed by atoms with Crippen LogP contribution in [0, 0.1) is 11.8 Å². The van der Waals surface area contributed by atoms with E-state index in [0.717, 1.165) is 11.3 Å². The van der Waals surface area contributed by atoms with Crippen LogP contribution in [-0.4, -0.2) is 47.3 Å². The summed E-state index contributed by atoms with van der Waals surface area (Å²) in [5.74, 6) is 0.177. The molecule has 2 aliphatic rings. The molecule has 2 aliphatic heterocycles. The summed E-state index contributed by atoms with van der Waals surface area (Å²) in [5.41, 5.74) is -0.742. The fourth-order valence-corrected chi connectivity index (χ4v) is 4.32. The van der Waals surface area contributed by atoms with Gasteiger partial charge in [0.2, 0.25) is 5.91 Å². The van der Waals surface area contributed by atoms with Gasteiger partial charge in [0.05, 0.1) is 0 Å². The highest BCUT2D eigenvalue weighted by Crippen LogP contribution is 2.33. The molecule has 2 saturated heterocycles. The Labute approximate surface area is 158 Å². The van der Waals surface area contributed by atoms with Crippen LogP contribution in [0.3, 0.4) is 0 Å². The van der Waals surface area contributed by atoms with E-state index in [1.165, 1.54) is 0 Å². The van der Waals surface area contributed by atoms with Crippen molar-refractivity contribution in [1.29, 1.82) is 0 Å². The standard InChI is InChI=1S/C19H24ClN3O3/c1-12-8-13(2)10-22(9-12)16(24)11-23-17(25)19(3,21-18(23)26)14-6-4-5-7-15(14)20/h4-7,12-13H,8-11H2,1-3H3,(H,21,26)/t12-,13-,19-/m1/s1. The van der Waals surface area contributed by atoms with Crippen molar-refractivity contribution in [2.45, 2.75) is 32.7 Å². The maximum absolute atomic E-state index is 13.0. The number of nitrogens with one attached hydrogen (secondary N) is 1. The van der Waals surface area contributed by atoms with Crippen molar-refractivity contribution in [2.24, 2.45) is 11.8 Å². The van der Waals surface area contributed by atoms with Crippen LogP contribution >= 0.6 is 11.6 Å². The van der Waals surface area contributed by atoms with E-state index >= 15 is 0 Å². The number of hydrogen-bond acceptors (Lipinski definition) is 3. The molecule has 1 N–H and O–H groups in total. The number of nitrogens with zero attached hydrogens (tertiary/aromatic N) is 2. The van der Waals surface area contributed by atoms with Crippen LogP contribution in [0.15, 0.2) is 24.3 Å². The summed E-state index contributed by atoms with van der Waals surface area (Å²) in [7, 11) is 0. The first-order chi connectivity index (χ1) is 12.2. The van der Waals surface area contributed by atoms with Gasteiger partial charge in [0.15, 0.2) is 0 Å². The molecule has 0 spiro atoms. The number of carbonyl (C=O) groups is 3. The lowest BCUT2D eigenvalue weighted by atomic mass is 9.91. The molecule has 6 nitrogen and oxygen atoms in total. The second-order valence-corrected chi connectivity index (χ2v) is 8.08. The Morgan fingerprint density at radius 3 is 2.46 bits per heavy atom. The van der Waals surface area contributed by atoms with Gasteiger partial charge >= 0.3 is 6.03 Å². The van der Waals surface area contributed by atoms with Gasteiger partial charge in [-0.2, -0.15) is 0 Å². The van der Waals surface area contributed by atoms with Gasteiger partial charge in [-0.1, -0.05) is 43.6 Å². The van der Waals surface area contributed by atoms with Crippen LogP contribution < -0.4 is 5.32 Å². The first-order valence-corrected chi connectivity index (χ1v) is 9.27. The summed E-state index contributed by atoms with van der Waals surface area (Å²) < 4.78 is 0. The minimum Gasteiger partial charge on any atom is -0.341 e. The highest BCUT2D eigenvalue weighted by Gasteiger charge is 2.50. The monoisotopic (exact) mass is 377 g/mol. The SMILES string of the molecule is C[C@@H]1C[C@@H](C)CN(C(=O)CN2C(=O)N[C@](C)(c3ccccc3Cl)C2=O)C1. The van der Waals surface area contributed by atoms with Crippen molar-refractivity contribution in [1.82, 2.24) is 15.1 Å². The number of hydrogen-bond donors (Lipinski definition) is 1. The Balaban J connectivity index is 1.77. The van der Waals surface area contributed by atoms with Gasteiger partial charge in [-0.25, -0.2) is 4.79 Å². The fraction of sp³-hybridized carbons (Fsp3) is 0.526. The normalized spacial score (nSPS) is 29.1. The minimum absolute atomic E-state index is 0.199. The Bertz CT molecular complexity index is 743. The van der Waals surface area contributed by atoms with Gasteiger partial charge in [0.25, 0.3) is 5.91 Å². The molecule has 140 valence electrons. The predicted octanol–water partition coefficient (Wildman–Crippen LogP) is 2.61. The molecule has 1 aromatic rings. The zero-order valence-electron chi connectivity index (χ0n) is 15.3. The van der Waals surface area contributed by atoms with Gasteiger partial charge in [-0.3, -0.25) is 14.5 Å². The maximum Gasteiger partial charge on any atom is 0.325 e. The van der Waals surface area contributed by atoms with Gasteiger partial charge in [-0.05, 0) is 31.2 Å². The van der Waals surface area contributed by atoms with E-state index < -0.39 is 17.5 Å². The summed E-state index contributed by atoms with van der Waals surface area (Å²) in [6.07, 6.45) is 1.08. The fourth-order valence-electron chi connectivity index (χ4n) is 3.99. The van der Waals surface area contributed by atoms with Crippen LogP contribution in [-0.2, 0) is 15.1 Å². The summed E-state index contributed by atoms with van der Waals surface area (Å²) in [6.45, 7) is 6.91. The van der Waals surface area contributed by atoms with Crippen molar-refractivity contribution in [3.05, 3.63) is 34.9 Å². The molecule has 0 saturated carbocycles. The lowest BCUT2D eigenvalue weighted by Crippen LogP contribution is -2.48. The Morgan fingerprint density at radius 2 is 1.85 bits per heavy atom. The van der Waals surface area contributed by atoms with E-state index in [1.54, 1.807) is 36.1 Å². The third-order valence-corrected chi connectivity index (χ3v) is 5.53. The van der Waals surface area contributed by atoms with E-state index in [1.807, 2.05) is 0 Å². The smallest absolute Gasteiger partial charge is 0.325 e. The predicted molar refractivity (Wildman–Crippen MR) is 98.6 cm³/mol. The van der Waals surface area contributed by atoms with E-state index in [9.17, 15) is 14.4 Å². The van der Waals surface area contributed by atoms with Crippen molar-refractivity contribution < 1.29 is 14.4 Å². The first-order valence-electron chi connectivity index (χ1n) is 8.89. The summed E-state index contributed by atoms with van der Waals surface area (Å²) in [5, 5.41) is 3.09. The molecule has 1 aromatic carbocycles. The maximum atomic E-state index is 13.0. The number of halogens is 1. The van der Waals surface area contributed by atoms with Gasteiger partial charge in [-0.15, -0.1) is 0 Å². The molecule has 3 rings (SSSR count). The number of carbonyl (C=O) groups excluding carboxylic acids is 3. The number of amides is 4. The molecule has 7 heteroatoms. The number of urea groups is 1. The Morgan fingerprint density at radius 1 is 1.23 bits per heavy atom. The molecule has 0 radical (unpaired) electrons. The van der Waals surface area contributed by atoms with Gasteiger partial charge < -0.3 is 10.2 Å². The van der Waals surface area contributed by atoms with E-state index in [2.05, 4.69) is 19.2 Å². The number of imide groups is 1. The lowest BCUT2D eigenvalue weighted by Gasteiger charge is -2.35. The zero-order chi connectivity index (χ0) is 19.1. The summed E-state index contributed by atoms with van der Waals surface area (Å²) in [6, 6.07) is 6.34. The molecule has 0 aliphatic carbocycles. The van der Waals surface area contributed by atoms with Crippen LogP contribution in [0.5, 0.6) is 0 Å². The van der Waals surface area contributed by atoms with Gasteiger partial charge in [0.1, 0.15) is 12.1 Å². The Hall–Kier alpha value is -2.08. The lowest BCUT2D eigenvalue weighted by molar-refractivity contribution is -0.140. The molecule has 0 aromatic heterocycles. The third kappa shape index (κ3) is 3.30. The van der Waals surface area contributed by atoms with E-state index in [-0.39, 0.29) is 12.5 Å². The second-order valence-electron chi connectivity index (χ2n) is 7.67. The highest BCUT2D eigenvalue weighted by atomic mass is 35.5. The number of likely N-dealkylation sites (tertiary alicyclic amines) is 1. The first kappa shape index (κ1) is 18.7. The number of rotatable bonds is 3. The molecule has 26 heavy (non-hydrogen) atoms. The molecule has 3 atom stereocenters. The molecule has 0 bridgehead atoms. The second kappa shape index (κ2) is 6.91. The van der Waals surface area contributed by atoms with Crippen LogP contribution in [0.25, 0.3) is 0 Å². The minimum atomic E-state index is -1.27. The van der Waals surface area contributed by atoms with E-state index in [0.29, 0.717) is 35.5 Å². The molecular weight excluding hydrogens is 354 g/mol. The third-order valence-electron chi connectivity index (χ3n) is 5.20. The van der Waals surface area contributed by atoms with Gasteiger partial charge in [0, 0.05) is 23.7 Å². The summed E-state index contributed by atoms with van der Waals surface area (Å²) >= 11 is 6.22. The average Bonchev–Trinajstić information content (AvgIpc) is 2.78. The quantitative estimate of drug-likeness (QED) is 0.823. The average molecular weight is 378 g/mol. The molecule has 0 unspecified atom stereocenters. The van der Waals surface area contributed by atoms with Crippen LogP contribution in [0.2, 0.25) is 5.02 Å². The van der Waals surface area contributed by atoms with Crippen molar-refractivity contribution in [3.8, 4) is 0 Å². The molecule has 4 amide bonds. The topological polar surface area (TPSA) is 69.7 Å². The van der Waals surface area contributed by atoms with E-state index in [4.69, 9.17) is 11.6 Å². The molecule has 2 heterocycles. The zero-order valence-corrected chi connectivity index (χ0v) is 16.0. The molecular formula is C19H24ClN3O3. The van der Waals surface area contributed by atoms with Crippen LogP contribution in [0.1, 0.15) is 32.8 Å². The van der Waals surface area contributed by atoms with Crippen molar-refractivity contribution >= 4 is 29.4 Å². The number of piperidine rings is 1. The largest absolute Gasteiger partial charge is 0.341 e. The summed E-state index contributed by atoms with van der Waals surface area (Å²) in [4.78, 5) is 40.8.